The van der Waals surface area contributed by atoms with E-state index in [1.54, 1.807) is 0 Å². The van der Waals surface area contributed by atoms with Crippen LogP contribution in [-0.2, 0) is 4.74 Å². The minimum absolute atomic E-state index is 0.212. The smallest absolute Gasteiger partial charge is 0.196 e. The average molecular weight is 398 g/mol. The molecule has 0 aromatic heterocycles. The molecule has 1 fully saturated rings. The van der Waals surface area contributed by atoms with E-state index in [9.17, 15) is 0 Å². The molecule has 3 heteroatoms. The van der Waals surface area contributed by atoms with Crippen molar-refractivity contribution in [1.82, 2.24) is 5.32 Å². The van der Waals surface area contributed by atoms with E-state index >= 15 is 0 Å². The van der Waals surface area contributed by atoms with E-state index in [0.717, 1.165) is 31.2 Å². The van der Waals surface area contributed by atoms with Gasteiger partial charge < -0.3 is 14.8 Å². The summed E-state index contributed by atoms with van der Waals surface area (Å²) in [6, 6.07) is 13.2. The first-order valence-electron chi connectivity index (χ1n) is 11.5. The molecule has 0 spiro atoms. The number of ether oxygens (including phenoxy) is 2. The van der Waals surface area contributed by atoms with Crippen molar-refractivity contribution in [2.75, 3.05) is 20.2 Å². The number of fused-ring (bicyclic) bond motifs is 1. The SMILES string of the molecule is CNCC(c1ccc2cc(OC(C)OCCC3CCCCC3)ccc2c1)C(C)C. The van der Waals surface area contributed by atoms with Gasteiger partial charge in [-0.05, 0) is 66.6 Å². The predicted octanol–water partition coefficient (Wildman–Crippen LogP) is 6.51. The molecule has 1 aliphatic rings. The van der Waals surface area contributed by atoms with Crippen LogP contribution in [-0.4, -0.2) is 26.5 Å². The van der Waals surface area contributed by atoms with Crippen LogP contribution >= 0.6 is 0 Å². The minimum Gasteiger partial charge on any atom is -0.465 e. The summed E-state index contributed by atoms with van der Waals surface area (Å²) < 4.78 is 12.0. The molecule has 3 nitrogen and oxygen atoms in total. The summed E-state index contributed by atoms with van der Waals surface area (Å²) in [7, 11) is 2.03. The van der Waals surface area contributed by atoms with E-state index < -0.39 is 0 Å². The first kappa shape index (κ1) is 22.1. The van der Waals surface area contributed by atoms with Gasteiger partial charge in [-0.1, -0.05) is 70.2 Å². The lowest BCUT2D eigenvalue weighted by Gasteiger charge is -2.23. The number of nitrogens with one attached hydrogen (secondary N) is 1. The maximum atomic E-state index is 6.03. The molecule has 3 rings (SSSR count). The van der Waals surface area contributed by atoms with Gasteiger partial charge in [0, 0.05) is 6.54 Å². The Hall–Kier alpha value is -1.58. The van der Waals surface area contributed by atoms with Crippen LogP contribution in [0.2, 0.25) is 0 Å². The first-order chi connectivity index (χ1) is 14.1. The molecule has 2 atom stereocenters. The molecule has 1 aliphatic carbocycles. The summed E-state index contributed by atoms with van der Waals surface area (Å²) in [6.07, 6.45) is 7.89. The summed E-state index contributed by atoms with van der Waals surface area (Å²) in [5.41, 5.74) is 1.40. The van der Waals surface area contributed by atoms with E-state index in [4.69, 9.17) is 9.47 Å². The van der Waals surface area contributed by atoms with Crippen molar-refractivity contribution >= 4 is 10.8 Å². The molecule has 2 aromatic rings. The molecule has 0 amide bonds. The van der Waals surface area contributed by atoms with E-state index in [1.807, 2.05) is 14.0 Å². The summed E-state index contributed by atoms with van der Waals surface area (Å²) in [5, 5.41) is 5.81. The lowest BCUT2D eigenvalue weighted by atomic mass is 9.87. The highest BCUT2D eigenvalue weighted by Gasteiger charge is 2.16. The molecule has 0 bridgehead atoms. The summed E-state index contributed by atoms with van der Waals surface area (Å²) >= 11 is 0. The summed E-state index contributed by atoms with van der Waals surface area (Å²) in [6.45, 7) is 8.38. The second-order valence-electron chi connectivity index (χ2n) is 9.03. The standard InChI is InChI=1S/C26H39NO2/c1-19(2)26(18-27-4)24-11-10-23-17-25(13-12-22(23)16-24)29-20(3)28-15-14-21-8-6-5-7-9-21/h10-13,16-17,19-21,26-27H,5-9,14-15,18H2,1-4H3. The van der Waals surface area contributed by atoms with Crippen molar-refractivity contribution in [2.24, 2.45) is 11.8 Å². The maximum Gasteiger partial charge on any atom is 0.196 e. The van der Waals surface area contributed by atoms with Crippen molar-refractivity contribution in [2.45, 2.75) is 71.5 Å². The number of hydrogen-bond acceptors (Lipinski definition) is 3. The highest BCUT2D eigenvalue weighted by molar-refractivity contribution is 5.84. The molecule has 0 aliphatic heterocycles. The Morgan fingerprint density at radius 1 is 0.966 bits per heavy atom. The predicted molar refractivity (Wildman–Crippen MR) is 123 cm³/mol. The molecule has 1 N–H and O–H groups in total. The third kappa shape index (κ3) is 6.45. The molecule has 160 valence electrons. The average Bonchev–Trinajstić information content (AvgIpc) is 2.72. The molecule has 2 unspecified atom stereocenters. The lowest BCUT2D eigenvalue weighted by molar-refractivity contribution is -0.0710. The van der Waals surface area contributed by atoms with Gasteiger partial charge in [-0.3, -0.25) is 0 Å². The second kappa shape index (κ2) is 11.0. The number of rotatable bonds is 10. The van der Waals surface area contributed by atoms with Crippen LogP contribution in [0, 0.1) is 11.8 Å². The number of likely N-dealkylation sites (N-methyl/N-ethyl adjacent to an activating group) is 1. The summed E-state index contributed by atoms with van der Waals surface area (Å²) in [4.78, 5) is 0. The highest BCUT2D eigenvalue weighted by Crippen LogP contribution is 2.29. The van der Waals surface area contributed by atoms with Crippen molar-refractivity contribution in [3.05, 3.63) is 42.0 Å². The second-order valence-corrected chi connectivity index (χ2v) is 9.03. The molecule has 0 radical (unpaired) electrons. The van der Waals surface area contributed by atoms with Gasteiger partial charge in [0.1, 0.15) is 5.75 Å². The van der Waals surface area contributed by atoms with Crippen LogP contribution in [0.5, 0.6) is 5.75 Å². The monoisotopic (exact) mass is 397 g/mol. The molecular weight excluding hydrogens is 358 g/mol. The van der Waals surface area contributed by atoms with Crippen LogP contribution in [0.3, 0.4) is 0 Å². The zero-order valence-electron chi connectivity index (χ0n) is 18.7. The van der Waals surface area contributed by atoms with Crippen LogP contribution < -0.4 is 10.1 Å². The topological polar surface area (TPSA) is 30.5 Å². The zero-order chi connectivity index (χ0) is 20.6. The van der Waals surface area contributed by atoms with Gasteiger partial charge >= 0.3 is 0 Å². The third-order valence-corrected chi connectivity index (χ3v) is 6.40. The molecule has 0 saturated heterocycles. The molecule has 1 saturated carbocycles. The van der Waals surface area contributed by atoms with E-state index in [0.29, 0.717) is 11.8 Å². The minimum atomic E-state index is -0.212. The van der Waals surface area contributed by atoms with Crippen LogP contribution in [0.4, 0.5) is 0 Å². The van der Waals surface area contributed by atoms with Gasteiger partial charge in [0.2, 0.25) is 0 Å². The van der Waals surface area contributed by atoms with Gasteiger partial charge in [-0.2, -0.15) is 0 Å². The zero-order valence-corrected chi connectivity index (χ0v) is 18.7. The largest absolute Gasteiger partial charge is 0.465 e. The van der Waals surface area contributed by atoms with Gasteiger partial charge in [0.05, 0.1) is 6.61 Å². The Morgan fingerprint density at radius 2 is 1.69 bits per heavy atom. The fourth-order valence-corrected chi connectivity index (χ4v) is 4.61. The third-order valence-electron chi connectivity index (χ3n) is 6.40. The van der Waals surface area contributed by atoms with Crippen molar-refractivity contribution in [1.29, 1.82) is 0 Å². The Kier molecular flexibility index (Phi) is 8.38. The van der Waals surface area contributed by atoms with Crippen molar-refractivity contribution in [3.63, 3.8) is 0 Å². The Bertz CT molecular complexity index is 751. The fourth-order valence-electron chi connectivity index (χ4n) is 4.61. The van der Waals surface area contributed by atoms with Gasteiger partial charge in [-0.25, -0.2) is 0 Å². The quantitative estimate of drug-likeness (QED) is 0.464. The first-order valence-corrected chi connectivity index (χ1v) is 11.5. The number of hydrogen-bond donors (Lipinski definition) is 1. The van der Waals surface area contributed by atoms with Crippen LogP contribution in [0.15, 0.2) is 36.4 Å². The van der Waals surface area contributed by atoms with Crippen LogP contribution in [0.25, 0.3) is 10.8 Å². The van der Waals surface area contributed by atoms with Gasteiger partial charge in [0.15, 0.2) is 6.29 Å². The Balaban J connectivity index is 1.56. The van der Waals surface area contributed by atoms with Crippen molar-refractivity contribution < 1.29 is 9.47 Å². The normalized spacial score (nSPS) is 17.6. The summed E-state index contributed by atoms with van der Waals surface area (Å²) in [5.74, 6) is 2.86. The van der Waals surface area contributed by atoms with E-state index in [1.165, 1.54) is 48.4 Å². The van der Waals surface area contributed by atoms with E-state index in [-0.39, 0.29) is 6.29 Å². The van der Waals surface area contributed by atoms with Gasteiger partial charge in [0.25, 0.3) is 0 Å². The lowest BCUT2D eigenvalue weighted by Crippen LogP contribution is -2.21. The van der Waals surface area contributed by atoms with Crippen LogP contribution in [0.1, 0.15) is 70.8 Å². The Labute approximate surface area is 177 Å². The van der Waals surface area contributed by atoms with Gasteiger partial charge in [-0.15, -0.1) is 0 Å². The highest BCUT2D eigenvalue weighted by atomic mass is 16.7. The molecular formula is C26H39NO2. The molecule has 29 heavy (non-hydrogen) atoms. The molecule has 2 aromatic carbocycles. The number of benzene rings is 2. The van der Waals surface area contributed by atoms with Crippen molar-refractivity contribution in [3.8, 4) is 5.75 Å². The molecule has 0 heterocycles. The fraction of sp³-hybridized carbons (Fsp3) is 0.615. The van der Waals surface area contributed by atoms with E-state index in [2.05, 4.69) is 55.6 Å². The Morgan fingerprint density at radius 3 is 2.41 bits per heavy atom. The maximum absolute atomic E-state index is 6.03.